The van der Waals surface area contributed by atoms with Crippen LogP contribution in [-0.2, 0) is 14.3 Å². The Morgan fingerprint density at radius 3 is 2.56 bits per heavy atom. The smallest absolute Gasteiger partial charge is 0.324 e. The first kappa shape index (κ1) is 12.8. The van der Waals surface area contributed by atoms with Gasteiger partial charge < -0.3 is 20.5 Å². The fraction of sp³-hybridized carbons (Fsp3) is 0.727. The summed E-state index contributed by atoms with van der Waals surface area (Å²) < 4.78 is 10.3. The molecule has 1 unspecified atom stereocenters. The van der Waals surface area contributed by atoms with E-state index in [2.05, 4.69) is 17.3 Å². The van der Waals surface area contributed by atoms with Crippen LogP contribution >= 0.6 is 0 Å². The highest BCUT2D eigenvalue weighted by molar-refractivity contribution is 5.76. The summed E-state index contributed by atoms with van der Waals surface area (Å²) in [5.41, 5.74) is 4.88. The van der Waals surface area contributed by atoms with Crippen molar-refractivity contribution in [2.75, 3.05) is 20.3 Å². The molecule has 1 aliphatic rings. The topological polar surface area (TPSA) is 73.6 Å². The minimum absolute atomic E-state index is 0.0443. The van der Waals surface area contributed by atoms with E-state index < -0.39 is 17.6 Å². The van der Waals surface area contributed by atoms with Gasteiger partial charge >= 0.3 is 5.97 Å². The van der Waals surface area contributed by atoms with E-state index in [0.717, 1.165) is 0 Å². The number of rotatable bonds is 3. The van der Waals surface area contributed by atoms with E-state index in [1.54, 1.807) is 7.05 Å². The lowest BCUT2D eigenvalue weighted by atomic mass is 10.0. The summed E-state index contributed by atoms with van der Waals surface area (Å²) in [6.07, 6.45) is 0. The minimum atomic E-state index is -0.813. The first-order chi connectivity index (χ1) is 7.51. The predicted molar refractivity (Wildman–Crippen MR) is 59.3 cm³/mol. The van der Waals surface area contributed by atoms with Gasteiger partial charge in [-0.15, -0.1) is 0 Å². The normalized spacial score (nSPS) is 19.1. The third-order valence-electron chi connectivity index (χ3n) is 2.37. The van der Waals surface area contributed by atoms with Gasteiger partial charge in [0.2, 0.25) is 5.60 Å². The summed E-state index contributed by atoms with van der Waals surface area (Å²) >= 11 is 0. The van der Waals surface area contributed by atoms with E-state index in [0.29, 0.717) is 13.2 Å². The van der Waals surface area contributed by atoms with Crippen molar-refractivity contribution in [3.8, 4) is 12.0 Å². The van der Waals surface area contributed by atoms with Crippen LogP contribution in [0.1, 0.15) is 13.8 Å². The fourth-order valence-corrected chi connectivity index (χ4v) is 1.15. The van der Waals surface area contributed by atoms with Gasteiger partial charge in [0.05, 0.1) is 0 Å². The van der Waals surface area contributed by atoms with Gasteiger partial charge in [0.15, 0.2) is 0 Å². The highest BCUT2D eigenvalue weighted by Gasteiger charge is 2.42. The molecule has 0 aromatic heterocycles. The van der Waals surface area contributed by atoms with Crippen molar-refractivity contribution in [1.82, 2.24) is 5.32 Å². The lowest BCUT2D eigenvalue weighted by molar-refractivity contribution is -0.194. The maximum atomic E-state index is 11.7. The molecule has 1 fully saturated rings. The monoisotopic (exact) mass is 226 g/mol. The molecule has 5 heteroatoms. The molecule has 5 nitrogen and oxygen atoms in total. The van der Waals surface area contributed by atoms with Gasteiger partial charge in [0.1, 0.15) is 19.3 Å². The zero-order valence-corrected chi connectivity index (χ0v) is 9.87. The van der Waals surface area contributed by atoms with Gasteiger partial charge in [-0.3, -0.25) is 4.79 Å². The van der Waals surface area contributed by atoms with Crippen LogP contribution in [0.4, 0.5) is 0 Å². The molecule has 1 rings (SSSR count). The van der Waals surface area contributed by atoms with Crippen LogP contribution in [0, 0.1) is 17.9 Å². The van der Waals surface area contributed by atoms with E-state index in [-0.39, 0.29) is 5.92 Å². The van der Waals surface area contributed by atoms with Crippen LogP contribution in [0.5, 0.6) is 0 Å². The summed E-state index contributed by atoms with van der Waals surface area (Å²) in [4.78, 5) is 11.7. The predicted octanol–water partition coefficient (Wildman–Crippen LogP) is -0.538. The van der Waals surface area contributed by atoms with Crippen LogP contribution in [0.3, 0.4) is 0 Å². The van der Waals surface area contributed by atoms with Crippen molar-refractivity contribution in [1.29, 1.82) is 0 Å². The van der Waals surface area contributed by atoms with Gasteiger partial charge in [-0.1, -0.05) is 13.8 Å². The molecule has 1 heterocycles. The van der Waals surface area contributed by atoms with Crippen molar-refractivity contribution in [2.45, 2.75) is 25.5 Å². The second kappa shape index (κ2) is 5.19. The summed E-state index contributed by atoms with van der Waals surface area (Å²) in [6.45, 7) is 4.35. The van der Waals surface area contributed by atoms with E-state index in [1.165, 1.54) is 0 Å². The number of carbonyl (C=O) groups excluding carboxylic acids is 1. The lowest BCUT2D eigenvalue weighted by Crippen LogP contribution is -2.54. The molecule has 16 heavy (non-hydrogen) atoms. The number of hydrogen-bond donors (Lipinski definition) is 2. The molecule has 3 N–H and O–H groups in total. The molecule has 0 bridgehead atoms. The average molecular weight is 226 g/mol. The molecule has 0 aromatic rings. The summed E-state index contributed by atoms with van der Waals surface area (Å²) in [5, 5.41) is 2.68. The highest BCUT2D eigenvalue weighted by Crippen LogP contribution is 2.22. The van der Waals surface area contributed by atoms with Crippen LogP contribution in [0.25, 0.3) is 0 Å². The second-order valence-corrected chi connectivity index (χ2v) is 4.18. The first-order valence-electron chi connectivity index (χ1n) is 5.26. The Labute approximate surface area is 95.7 Å². The van der Waals surface area contributed by atoms with E-state index >= 15 is 0 Å². The Kier molecular flexibility index (Phi) is 4.16. The van der Waals surface area contributed by atoms with Gasteiger partial charge in [-0.25, -0.2) is 0 Å². The van der Waals surface area contributed by atoms with Crippen LogP contribution in [-0.4, -0.2) is 37.9 Å². The van der Waals surface area contributed by atoms with Crippen LogP contribution in [0.15, 0.2) is 0 Å². The summed E-state index contributed by atoms with van der Waals surface area (Å²) in [5.74, 6) is 2.44. The van der Waals surface area contributed by atoms with E-state index in [9.17, 15) is 4.79 Å². The Morgan fingerprint density at radius 1 is 1.56 bits per heavy atom. The van der Waals surface area contributed by atoms with Crippen molar-refractivity contribution in [2.24, 2.45) is 11.7 Å². The number of nitrogens with two attached hydrogens (primary N) is 1. The quantitative estimate of drug-likeness (QED) is 0.384. The number of carbonyl (C=O) groups is 1. The van der Waals surface area contributed by atoms with Crippen molar-refractivity contribution < 1.29 is 14.3 Å². The Morgan fingerprint density at radius 2 is 2.19 bits per heavy atom. The van der Waals surface area contributed by atoms with Crippen LogP contribution in [0.2, 0.25) is 0 Å². The zero-order chi connectivity index (χ0) is 12.2. The standard InChI is InChI=1S/C11H18N2O3/c1-8(2)9(12)10(14)16-11(4-5-13-3)6-15-7-11/h8-9,13H,6-7,12H2,1-3H3. The van der Waals surface area contributed by atoms with Gasteiger partial charge in [-0.2, -0.15) is 0 Å². The Bertz CT molecular complexity index is 313. The van der Waals surface area contributed by atoms with Crippen molar-refractivity contribution in [3.63, 3.8) is 0 Å². The average Bonchev–Trinajstić information content (AvgIpc) is 2.20. The zero-order valence-electron chi connectivity index (χ0n) is 9.87. The lowest BCUT2D eigenvalue weighted by Gasteiger charge is -2.36. The molecule has 1 saturated heterocycles. The van der Waals surface area contributed by atoms with Crippen molar-refractivity contribution in [3.05, 3.63) is 0 Å². The van der Waals surface area contributed by atoms with E-state index in [4.69, 9.17) is 15.2 Å². The molecule has 0 amide bonds. The van der Waals surface area contributed by atoms with Crippen LogP contribution < -0.4 is 11.1 Å². The molecular formula is C11H18N2O3. The number of hydrogen-bond acceptors (Lipinski definition) is 5. The molecular weight excluding hydrogens is 208 g/mol. The maximum Gasteiger partial charge on any atom is 0.324 e. The second-order valence-electron chi connectivity index (χ2n) is 4.18. The third-order valence-corrected chi connectivity index (χ3v) is 2.37. The Hall–Kier alpha value is -1.25. The summed E-state index contributed by atoms with van der Waals surface area (Å²) in [7, 11) is 1.70. The number of nitrogens with one attached hydrogen (secondary N) is 1. The largest absolute Gasteiger partial charge is 0.440 e. The molecule has 1 aliphatic heterocycles. The molecule has 0 saturated carbocycles. The summed E-state index contributed by atoms with van der Waals surface area (Å²) in [6, 6.07) is 2.05. The fourth-order valence-electron chi connectivity index (χ4n) is 1.15. The highest BCUT2D eigenvalue weighted by atomic mass is 16.6. The molecule has 90 valence electrons. The molecule has 0 aromatic carbocycles. The molecule has 0 radical (unpaired) electrons. The molecule has 1 atom stereocenters. The molecule has 0 spiro atoms. The molecule has 0 aliphatic carbocycles. The number of esters is 1. The van der Waals surface area contributed by atoms with Gasteiger partial charge in [-0.05, 0) is 11.8 Å². The van der Waals surface area contributed by atoms with Gasteiger partial charge in [0.25, 0.3) is 0 Å². The first-order valence-corrected chi connectivity index (χ1v) is 5.26. The third kappa shape index (κ3) is 2.87. The number of ether oxygens (including phenoxy) is 2. The van der Waals surface area contributed by atoms with Crippen molar-refractivity contribution >= 4 is 5.97 Å². The minimum Gasteiger partial charge on any atom is -0.440 e. The SMILES string of the molecule is CNC#CC1(OC(=O)C(N)C(C)C)COC1. The maximum absolute atomic E-state index is 11.7. The van der Waals surface area contributed by atoms with Gasteiger partial charge in [0, 0.05) is 13.1 Å². The Balaban J connectivity index is 2.60. The van der Waals surface area contributed by atoms with E-state index in [1.807, 2.05) is 13.8 Å².